The van der Waals surface area contributed by atoms with Crippen LogP contribution in [0.4, 0.5) is 0 Å². The predicted octanol–water partition coefficient (Wildman–Crippen LogP) is 1.84. The van der Waals surface area contributed by atoms with Crippen molar-refractivity contribution in [3.05, 3.63) is 33.2 Å². The fourth-order valence-corrected chi connectivity index (χ4v) is 2.95. The minimum Gasteiger partial charge on any atom is -0.315 e. The number of aromatic nitrogens is 2. The molecule has 4 nitrogen and oxygen atoms in total. The Morgan fingerprint density at radius 2 is 2.22 bits per heavy atom. The Balaban J connectivity index is 2.38. The topological polar surface area (TPSA) is 39.0 Å². The highest BCUT2D eigenvalue weighted by molar-refractivity contribution is 6.32. The number of hydrogen-bond acceptors (Lipinski definition) is 2. The lowest BCUT2D eigenvalue weighted by atomic mass is 10.1. The lowest BCUT2D eigenvalue weighted by Crippen LogP contribution is -2.27. The van der Waals surface area contributed by atoms with Crippen molar-refractivity contribution in [1.29, 1.82) is 0 Å². The van der Waals surface area contributed by atoms with E-state index in [0.717, 1.165) is 36.1 Å². The molecule has 96 valence electrons. The Morgan fingerprint density at radius 1 is 1.44 bits per heavy atom. The molecule has 0 amide bonds. The summed E-state index contributed by atoms with van der Waals surface area (Å²) >= 11 is 6.19. The van der Waals surface area contributed by atoms with E-state index in [9.17, 15) is 4.79 Å². The monoisotopic (exact) mass is 265 g/mol. The summed E-state index contributed by atoms with van der Waals surface area (Å²) < 4.78 is 3.60. The van der Waals surface area contributed by atoms with E-state index in [1.165, 1.54) is 0 Å². The quantitative estimate of drug-likeness (QED) is 0.855. The van der Waals surface area contributed by atoms with Gasteiger partial charge in [-0.25, -0.2) is 4.79 Å². The first-order valence-electron chi connectivity index (χ1n) is 6.18. The molecule has 1 aromatic heterocycles. The summed E-state index contributed by atoms with van der Waals surface area (Å²) in [4.78, 5) is 12.4. The van der Waals surface area contributed by atoms with Crippen molar-refractivity contribution < 1.29 is 0 Å². The molecule has 1 aliphatic heterocycles. The van der Waals surface area contributed by atoms with Gasteiger partial charge in [0.2, 0.25) is 0 Å². The van der Waals surface area contributed by atoms with Gasteiger partial charge in [0.05, 0.1) is 17.1 Å². The largest absolute Gasteiger partial charge is 0.329 e. The van der Waals surface area contributed by atoms with Gasteiger partial charge >= 0.3 is 5.69 Å². The summed E-state index contributed by atoms with van der Waals surface area (Å²) in [5.41, 5.74) is 2.96. The van der Waals surface area contributed by atoms with Crippen LogP contribution < -0.4 is 11.0 Å². The molecule has 1 unspecified atom stereocenters. The van der Waals surface area contributed by atoms with E-state index >= 15 is 0 Å². The zero-order valence-electron chi connectivity index (χ0n) is 10.5. The molecule has 0 aliphatic carbocycles. The Hall–Kier alpha value is -1.26. The van der Waals surface area contributed by atoms with E-state index in [-0.39, 0.29) is 11.7 Å². The van der Waals surface area contributed by atoms with E-state index in [1.54, 1.807) is 4.57 Å². The number of aryl methyl sites for hydroxylation is 2. The van der Waals surface area contributed by atoms with Crippen LogP contribution in [0.1, 0.15) is 18.0 Å². The van der Waals surface area contributed by atoms with Crippen molar-refractivity contribution in [2.75, 3.05) is 13.1 Å². The molecular weight excluding hydrogens is 250 g/mol. The molecule has 3 rings (SSSR count). The summed E-state index contributed by atoms with van der Waals surface area (Å²) in [6.45, 7) is 3.79. The minimum atomic E-state index is 0.0454. The molecule has 1 N–H and O–H groups in total. The molecule has 0 radical (unpaired) electrons. The van der Waals surface area contributed by atoms with Crippen molar-refractivity contribution in [2.24, 2.45) is 7.05 Å². The van der Waals surface area contributed by atoms with Gasteiger partial charge in [-0.2, -0.15) is 0 Å². The van der Waals surface area contributed by atoms with Crippen LogP contribution in [0.25, 0.3) is 11.0 Å². The number of benzene rings is 1. The van der Waals surface area contributed by atoms with Crippen LogP contribution in [-0.2, 0) is 7.05 Å². The molecule has 0 saturated carbocycles. The van der Waals surface area contributed by atoms with Gasteiger partial charge < -0.3 is 5.32 Å². The third kappa shape index (κ3) is 1.52. The van der Waals surface area contributed by atoms with E-state index in [1.807, 2.05) is 30.7 Å². The maximum absolute atomic E-state index is 12.4. The number of rotatable bonds is 1. The highest BCUT2D eigenvalue weighted by Gasteiger charge is 2.23. The fourth-order valence-electron chi connectivity index (χ4n) is 2.79. The van der Waals surface area contributed by atoms with E-state index in [0.29, 0.717) is 5.02 Å². The molecular formula is C13H16ClN3O. The minimum absolute atomic E-state index is 0.0454. The average molecular weight is 266 g/mol. The smallest absolute Gasteiger partial charge is 0.315 e. The Bertz CT molecular complexity index is 665. The van der Waals surface area contributed by atoms with Crippen molar-refractivity contribution in [3.63, 3.8) is 0 Å². The van der Waals surface area contributed by atoms with Gasteiger partial charge in [-0.15, -0.1) is 0 Å². The summed E-state index contributed by atoms with van der Waals surface area (Å²) in [6, 6.07) is 4.01. The molecule has 2 aromatic rings. The highest BCUT2D eigenvalue weighted by atomic mass is 35.5. The zero-order valence-corrected chi connectivity index (χ0v) is 11.3. The van der Waals surface area contributed by atoms with Gasteiger partial charge in [0.25, 0.3) is 0 Å². The third-order valence-electron chi connectivity index (χ3n) is 3.84. The molecule has 0 bridgehead atoms. The van der Waals surface area contributed by atoms with Crippen molar-refractivity contribution in [1.82, 2.24) is 14.5 Å². The maximum atomic E-state index is 12.4. The lowest BCUT2D eigenvalue weighted by Gasteiger charge is -2.12. The van der Waals surface area contributed by atoms with E-state index in [4.69, 9.17) is 11.6 Å². The molecule has 1 saturated heterocycles. The molecule has 5 heteroatoms. The maximum Gasteiger partial charge on any atom is 0.329 e. The second-order valence-electron chi connectivity index (χ2n) is 4.90. The van der Waals surface area contributed by atoms with Crippen LogP contribution in [0.15, 0.2) is 16.9 Å². The van der Waals surface area contributed by atoms with Crippen LogP contribution in [0.3, 0.4) is 0 Å². The SMILES string of the molecule is Cc1c(Cl)ccc2c1n(C1CCNC1)c(=O)n2C. The number of nitrogens with one attached hydrogen (secondary N) is 1. The highest BCUT2D eigenvalue weighted by Crippen LogP contribution is 2.27. The molecule has 1 fully saturated rings. The summed E-state index contributed by atoms with van der Waals surface area (Å²) in [5, 5.41) is 4.02. The number of nitrogens with zero attached hydrogens (tertiary/aromatic N) is 2. The van der Waals surface area contributed by atoms with Crippen LogP contribution in [-0.4, -0.2) is 22.2 Å². The van der Waals surface area contributed by atoms with Crippen LogP contribution in [0.5, 0.6) is 0 Å². The number of hydrogen-bond donors (Lipinski definition) is 1. The number of fused-ring (bicyclic) bond motifs is 1. The van der Waals surface area contributed by atoms with Gasteiger partial charge in [-0.3, -0.25) is 9.13 Å². The number of halogens is 1. The Morgan fingerprint density at radius 3 is 2.89 bits per heavy atom. The molecule has 2 heterocycles. The summed E-state index contributed by atoms with van der Waals surface area (Å²) in [7, 11) is 1.82. The first kappa shape index (κ1) is 11.8. The average Bonchev–Trinajstić information content (AvgIpc) is 2.94. The molecule has 1 aliphatic rings. The van der Waals surface area contributed by atoms with Crippen molar-refractivity contribution in [2.45, 2.75) is 19.4 Å². The van der Waals surface area contributed by atoms with Crippen LogP contribution in [0.2, 0.25) is 5.02 Å². The second-order valence-corrected chi connectivity index (χ2v) is 5.31. The van der Waals surface area contributed by atoms with Crippen LogP contribution in [0, 0.1) is 6.92 Å². The molecule has 1 atom stereocenters. The van der Waals surface area contributed by atoms with Crippen molar-refractivity contribution in [3.8, 4) is 0 Å². The van der Waals surface area contributed by atoms with E-state index < -0.39 is 0 Å². The molecule has 0 spiro atoms. The zero-order chi connectivity index (χ0) is 12.9. The first-order valence-corrected chi connectivity index (χ1v) is 6.56. The molecule has 1 aromatic carbocycles. The van der Waals surface area contributed by atoms with Crippen molar-refractivity contribution >= 4 is 22.6 Å². The molecule has 18 heavy (non-hydrogen) atoms. The normalized spacial score (nSPS) is 19.8. The van der Waals surface area contributed by atoms with Gasteiger partial charge in [0, 0.05) is 18.6 Å². The second kappa shape index (κ2) is 4.14. The van der Waals surface area contributed by atoms with Gasteiger partial charge in [-0.1, -0.05) is 11.6 Å². The fraction of sp³-hybridized carbons (Fsp3) is 0.462. The Labute approximate surface area is 110 Å². The predicted molar refractivity (Wildman–Crippen MR) is 73.4 cm³/mol. The lowest BCUT2D eigenvalue weighted by molar-refractivity contribution is 0.535. The summed E-state index contributed by atoms with van der Waals surface area (Å²) in [5.74, 6) is 0. The number of imidazole rings is 1. The summed E-state index contributed by atoms with van der Waals surface area (Å²) in [6.07, 6.45) is 0.991. The van der Waals surface area contributed by atoms with E-state index in [2.05, 4.69) is 5.32 Å². The Kier molecular flexibility index (Phi) is 2.72. The van der Waals surface area contributed by atoms with Gasteiger partial charge in [0.15, 0.2) is 0 Å². The standard InChI is InChI=1S/C13H16ClN3O/c1-8-10(14)3-4-11-12(8)17(13(18)16(11)2)9-5-6-15-7-9/h3-4,9,15H,5-7H2,1-2H3. The van der Waals surface area contributed by atoms with Crippen LogP contribution >= 0.6 is 11.6 Å². The van der Waals surface area contributed by atoms with Gasteiger partial charge in [0.1, 0.15) is 0 Å². The first-order chi connectivity index (χ1) is 8.61. The third-order valence-corrected chi connectivity index (χ3v) is 4.25. The van der Waals surface area contributed by atoms with Gasteiger partial charge in [-0.05, 0) is 37.6 Å².